The average molecular weight is 291 g/mol. The normalized spacial score (nSPS) is 10.9. The molecule has 13 heavy (non-hydrogen) atoms. The van der Waals surface area contributed by atoms with Crippen LogP contribution in [0.15, 0.2) is 10.9 Å². The lowest BCUT2D eigenvalue weighted by atomic mass is 10.0. The summed E-state index contributed by atoms with van der Waals surface area (Å²) in [6, 6.07) is 1.99. The second-order valence-corrected chi connectivity index (χ2v) is 4.71. The molecule has 0 atom stereocenters. The predicted octanol–water partition coefficient (Wildman–Crippen LogP) is 2.42. The Morgan fingerprint density at radius 3 is 2.46 bits per heavy atom. The van der Waals surface area contributed by atoms with E-state index in [1.807, 2.05) is 20.0 Å². The van der Waals surface area contributed by atoms with E-state index >= 15 is 0 Å². The summed E-state index contributed by atoms with van der Waals surface area (Å²) >= 11 is 2.09. The van der Waals surface area contributed by atoms with E-state index < -0.39 is 0 Å². The van der Waals surface area contributed by atoms with E-state index in [2.05, 4.69) is 36.4 Å². The molecule has 72 valence electrons. The minimum Gasteiger partial charge on any atom is -0.315 e. The monoisotopic (exact) mass is 291 g/mol. The summed E-state index contributed by atoms with van der Waals surface area (Å²) in [6.07, 6.45) is 0. The van der Waals surface area contributed by atoms with Crippen molar-refractivity contribution in [3.63, 3.8) is 0 Å². The summed E-state index contributed by atoms with van der Waals surface area (Å²) in [5.41, 5.74) is 2.43. The molecule has 1 aromatic heterocycles. The van der Waals surface area contributed by atoms with E-state index in [4.69, 9.17) is 0 Å². The number of aromatic nitrogens is 1. The summed E-state index contributed by atoms with van der Waals surface area (Å²) in [6.45, 7) is 6.28. The maximum absolute atomic E-state index is 11.5. The number of pyridine rings is 1. The van der Waals surface area contributed by atoms with Gasteiger partial charge in [0.05, 0.1) is 3.57 Å². The number of hydrogen-bond acceptors (Lipinski definition) is 1. The van der Waals surface area contributed by atoms with Crippen molar-refractivity contribution < 1.29 is 0 Å². The smallest absolute Gasteiger partial charge is 0.263 e. The molecule has 0 amide bonds. The Kier molecular flexibility index (Phi) is 3.16. The zero-order valence-corrected chi connectivity index (χ0v) is 10.5. The minimum absolute atomic E-state index is 0.0995. The fourth-order valence-corrected chi connectivity index (χ4v) is 2.09. The van der Waals surface area contributed by atoms with Crippen molar-refractivity contribution in [2.75, 3.05) is 0 Å². The molecule has 0 aromatic carbocycles. The first-order valence-electron chi connectivity index (χ1n) is 4.31. The first-order valence-corrected chi connectivity index (χ1v) is 5.39. The van der Waals surface area contributed by atoms with Gasteiger partial charge in [0.2, 0.25) is 0 Å². The topological polar surface area (TPSA) is 22.0 Å². The van der Waals surface area contributed by atoms with Gasteiger partial charge < -0.3 is 4.57 Å². The SMILES string of the molecule is Cc1c(C(C)C)cc(I)c(=O)n1C. The third-order valence-corrected chi connectivity index (χ3v) is 3.11. The van der Waals surface area contributed by atoms with Crippen molar-refractivity contribution in [1.29, 1.82) is 0 Å². The van der Waals surface area contributed by atoms with Crippen LogP contribution in [0.4, 0.5) is 0 Å². The molecule has 0 spiro atoms. The lowest BCUT2D eigenvalue weighted by Crippen LogP contribution is -2.23. The second kappa shape index (κ2) is 3.82. The summed E-state index contributed by atoms with van der Waals surface area (Å²) in [7, 11) is 1.83. The number of rotatable bonds is 1. The molecule has 3 heteroatoms. The van der Waals surface area contributed by atoms with Gasteiger partial charge in [-0.2, -0.15) is 0 Å². The highest BCUT2D eigenvalue weighted by atomic mass is 127. The molecule has 0 aliphatic rings. The van der Waals surface area contributed by atoms with Crippen LogP contribution >= 0.6 is 22.6 Å². The summed E-state index contributed by atoms with van der Waals surface area (Å²) in [5, 5.41) is 0. The maximum atomic E-state index is 11.5. The lowest BCUT2D eigenvalue weighted by molar-refractivity contribution is 0.754. The van der Waals surface area contributed by atoms with Gasteiger partial charge in [-0.1, -0.05) is 13.8 Å². The fourth-order valence-electron chi connectivity index (χ4n) is 1.39. The van der Waals surface area contributed by atoms with Crippen LogP contribution in [0.25, 0.3) is 0 Å². The van der Waals surface area contributed by atoms with Gasteiger partial charge in [-0.25, -0.2) is 0 Å². The van der Waals surface area contributed by atoms with Gasteiger partial charge in [0.25, 0.3) is 5.56 Å². The quantitative estimate of drug-likeness (QED) is 0.728. The van der Waals surface area contributed by atoms with Crippen molar-refractivity contribution in [2.24, 2.45) is 7.05 Å². The highest BCUT2D eigenvalue weighted by Gasteiger charge is 2.09. The molecule has 1 aromatic rings. The van der Waals surface area contributed by atoms with Crippen molar-refractivity contribution in [2.45, 2.75) is 26.7 Å². The van der Waals surface area contributed by atoms with Crippen LogP contribution in [-0.2, 0) is 7.05 Å². The third-order valence-electron chi connectivity index (χ3n) is 2.33. The van der Waals surface area contributed by atoms with Crippen molar-refractivity contribution in [3.05, 3.63) is 31.2 Å². The number of nitrogens with zero attached hydrogens (tertiary/aromatic N) is 1. The average Bonchev–Trinajstić information content (AvgIpc) is 2.07. The Balaban J connectivity index is 3.50. The van der Waals surface area contributed by atoms with Crippen molar-refractivity contribution >= 4 is 22.6 Å². The molecular weight excluding hydrogens is 277 g/mol. The van der Waals surface area contributed by atoms with Crippen LogP contribution in [0.5, 0.6) is 0 Å². The predicted molar refractivity (Wildman–Crippen MR) is 63.2 cm³/mol. The standard InChI is InChI=1S/C10H14INO/c1-6(2)8-5-9(11)10(13)12(4)7(8)3/h5-6H,1-4H3. The molecule has 0 bridgehead atoms. The Bertz CT molecular complexity index is 379. The van der Waals surface area contributed by atoms with Crippen LogP contribution in [0.2, 0.25) is 0 Å². The van der Waals surface area contributed by atoms with Crippen LogP contribution < -0.4 is 5.56 Å². The van der Waals surface area contributed by atoms with E-state index in [-0.39, 0.29) is 5.56 Å². The molecular formula is C10H14INO. The number of halogens is 1. The molecule has 0 saturated heterocycles. The van der Waals surface area contributed by atoms with Crippen molar-refractivity contribution in [3.8, 4) is 0 Å². The Labute approximate surface area is 92.1 Å². The molecule has 0 fully saturated rings. The van der Waals surface area contributed by atoms with E-state index in [9.17, 15) is 4.79 Å². The van der Waals surface area contributed by atoms with Crippen LogP contribution in [0.1, 0.15) is 31.0 Å². The van der Waals surface area contributed by atoms with Gasteiger partial charge >= 0.3 is 0 Å². The Hall–Kier alpha value is -0.320. The molecule has 0 aliphatic heterocycles. The summed E-state index contributed by atoms with van der Waals surface area (Å²) in [5.74, 6) is 0.473. The number of hydrogen-bond donors (Lipinski definition) is 0. The Morgan fingerprint density at radius 1 is 1.46 bits per heavy atom. The molecule has 0 radical (unpaired) electrons. The summed E-state index contributed by atoms with van der Waals surface area (Å²) < 4.78 is 2.52. The molecule has 0 aliphatic carbocycles. The molecule has 0 saturated carbocycles. The van der Waals surface area contributed by atoms with Crippen LogP contribution in [-0.4, -0.2) is 4.57 Å². The van der Waals surface area contributed by atoms with E-state index in [1.54, 1.807) is 4.57 Å². The maximum Gasteiger partial charge on any atom is 0.263 e. The first kappa shape index (κ1) is 10.8. The van der Waals surface area contributed by atoms with E-state index in [1.165, 1.54) is 5.56 Å². The fraction of sp³-hybridized carbons (Fsp3) is 0.500. The zero-order valence-electron chi connectivity index (χ0n) is 8.39. The van der Waals surface area contributed by atoms with Crippen LogP contribution in [0.3, 0.4) is 0 Å². The molecule has 1 rings (SSSR count). The van der Waals surface area contributed by atoms with E-state index in [0.717, 1.165) is 9.26 Å². The van der Waals surface area contributed by atoms with Crippen molar-refractivity contribution in [1.82, 2.24) is 4.57 Å². The Morgan fingerprint density at radius 2 is 2.00 bits per heavy atom. The van der Waals surface area contributed by atoms with Gasteiger partial charge in [0.1, 0.15) is 0 Å². The minimum atomic E-state index is 0.0995. The highest BCUT2D eigenvalue weighted by Crippen LogP contribution is 2.18. The lowest BCUT2D eigenvalue weighted by Gasteiger charge is -2.13. The second-order valence-electron chi connectivity index (χ2n) is 3.55. The molecule has 2 nitrogen and oxygen atoms in total. The van der Waals surface area contributed by atoms with Crippen LogP contribution in [0, 0.1) is 10.5 Å². The highest BCUT2D eigenvalue weighted by molar-refractivity contribution is 14.1. The van der Waals surface area contributed by atoms with Gasteiger partial charge in [-0.15, -0.1) is 0 Å². The van der Waals surface area contributed by atoms with E-state index in [0.29, 0.717) is 5.92 Å². The molecule has 0 unspecified atom stereocenters. The van der Waals surface area contributed by atoms with Gasteiger partial charge in [-0.05, 0) is 47.1 Å². The van der Waals surface area contributed by atoms with Gasteiger partial charge in [0, 0.05) is 12.7 Å². The van der Waals surface area contributed by atoms with Gasteiger partial charge in [-0.3, -0.25) is 4.79 Å². The molecule has 1 heterocycles. The first-order chi connectivity index (χ1) is 5.95. The summed E-state index contributed by atoms with van der Waals surface area (Å²) in [4.78, 5) is 11.5. The third kappa shape index (κ3) is 1.95. The van der Waals surface area contributed by atoms with Gasteiger partial charge in [0.15, 0.2) is 0 Å². The molecule has 0 N–H and O–H groups in total. The largest absolute Gasteiger partial charge is 0.315 e. The zero-order chi connectivity index (χ0) is 10.2.